The van der Waals surface area contributed by atoms with Gasteiger partial charge in [0, 0.05) is 4.75 Å². The Bertz CT molecular complexity index is 443. The first-order valence-corrected chi connectivity index (χ1v) is 10.4. The van der Waals surface area contributed by atoms with Crippen LogP contribution < -0.4 is 0 Å². The SMILES string of the molecule is CC1CC(C2OC2C)C2C3CC(C12)C(C1(C)CCCS1)C3. The van der Waals surface area contributed by atoms with Crippen molar-refractivity contribution >= 4 is 11.8 Å². The first-order valence-electron chi connectivity index (χ1n) is 9.38. The Kier molecular flexibility index (Phi) is 2.90. The Balaban J connectivity index is 1.41. The molecule has 0 aromatic rings. The number of epoxide rings is 1. The van der Waals surface area contributed by atoms with E-state index in [-0.39, 0.29) is 0 Å². The number of hydrogen-bond donors (Lipinski definition) is 0. The highest BCUT2D eigenvalue weighted by atomic mass is 32.2. The lowest BCUT2D eigenvalue weighted by Crippen LogP contribution is -2.39. The van der Waals surface area contributed by atoms with Crippen LogP contribution in [0, 0.1) is 41.4 Å². The largest absolute Gasteiger partial charge is 0.370 e. The van der Waals surface area contributed by atoms with Crippen molar-refractivity contribution in [3.05, 3.63) is 0 Å². The molecule has 1 nitrogen and oxygen atoms in total. The van der Waals surface area contributed by atoms with Crippen molar-refractivity contribution in [1.82, 2.24) is 0 Å². The Morgan fingerprint density at radius 3 is 2.52 bits per heavy atom. The van der Waals surface area contributed by atoms with Crippen molar-refractivity contribution in [2.45, 2.75) is 69.8 Å². The van der Waals surface area contributed by atoms with Gasteiger partial charge in [0.05, 0.1) is 12.2 Å². The van der Waals surface area contributed by atoms with E-state index in [0.717, 1.165) is 41.4 Å². The first kappa shape index (κ1) is 13.7. The van der Waals surface area contributed by atoms with Gasteiger partial charge in [0.2, 0.25) is 0 Å². The number of thioether (sulfide) groups is 1. The van der Waals surface area contributed by atoms with Crippen LogP contribution in [0.25, 0.3) is 0 Å². The summed E-state index contributed by atoms with van der Waals surface area (Å²) in [4.78, 5) is 0. The molecule has 2 bridgehead atoms. The van der Waals surface area contributed by atoms with Crippen LogP contribution in [0.1, 0.15) is 52.9 Å². The van der Waals surface area contributed by atoms with Crippen molar-refractivity contribution in [3.63, 3.8) is 0 Å². The van der Waals surface area contributed by atoms with Crippen LogP contribution in [0.2, 0.25) is 0 Å². The second-order valence-electron chi connectivity index (χ2n) is 9.10. The third-order valence-electron chi connectivity index (χ3n) is 8.14. The molecule has 2 heterocycles. The number of ether oxygens (including phenoxy) is 1. The summed E-state index contributed by atoms with van der Waals surface area (Å²) >= 11 is 2.31. The zero-order valence-electron chi connectivity index (χ0n) is 13.8. The van der Waals surface area contributed by atoms with E-state index < -0.39 is 0 Å². The molecule has 21 heavy (non-hydrogen) atoms. The maximum absolute atomic E-state index is 5.91. The van der Waals surface area contributed by atoms with E-state index >= 15 is 0 Å². The summed E-state index contributed by atoms with van der Waals surface area (Å²) in [6, 6.07) is 0. The van der Waals surface area contributed by atoms with Gasteiger partial charge in [-0.05, 0) is 86.2 Å². The van der Waals surface area contributed by atoms with Crippen molar-refractivity contribution < 1.29 is 4.74 Å². The van der Waals surface area contributed by atoms with Crippen LogP contribution in [0.5, 0.6) is 0 Å². The van der Waals surface area contributed by atoms with Crippen LogP contribution in [-0.4, -0.2) is 22.7 Å². The van der Waals surface area contributed by atoms with E-state index in [1.54, 1.807) is 12.8 Å². The average Bonchev–Trinajstić information content (AvgIpc) is 2.91. The van der Waals surface area contributed by atoms with E-state index in [2.05, 4.69) is 32.5 Å². The second kappa shape index (κ2) is 4.44. The molecule has 5 fully saturated rings. The third-order valence-corrected chi connectivity index (χ3v) is 9.80. The summed E-state index contributed by atoms with van der Waals surface area (Å²) in [5.41, 5.74) is 0. The van der Waals surface area contributed by atoms with Gasteiger partial charge in [-0.1, -0.05) is 13.8 Å². The van der Waals surface area contributed by atoms with Gasteiger partial charge in [-0.2, -0.15) is 11.8 Å². The van der Waals surface area contributed by atoms with Crippen LogP contribution >= 0.6 is 11.8 Å². The normalized spacial score (nSPS) is 65.0. The van der Waals surface area contributed by atoms with Gasteiger partial charge in [0.15, 0.2) is 0 Å². The predicted molar refractivity (Wildman–Crippen MR) is 88.4 cm³/mol. The molecular weight excluding hydrogens is 276 g/mol. The predicted octanol–water partition coefficient (Wildman–Crippen LogP) is 4.60. The highest BCUT2D eigenvalue weighted by molar-refractivity contribution is 8.00. The summed E-state index contributed by atoms with van der Waals surface area (Å²) in [5.74, 6) is 8.53. The lowest BCUT2D eigenvalue weighted by molar-refractivity contribution is 0.111. The lowest BCUT2D eigenvalue weighted by Gasteiger charge is -2.42. The maximum atomic E-state index is 5.91. The van der Waals surface area contributed by atoms with E-state index in [1.165, 1.54) is 25.0 Å². The fraction of sp³-hybridized carbons (Fsp3) is 1.00. The average molecular weight is 307 g/mol. The van der Waals surface area contributed by atoms with Gasteiger partial charge in [0.25, 0.3) is 0 Å². The number of fused-ring (bicyclic) bond motifs is 5. The molecule has 3 aliphatic carbocycles. The fourth-order valence-corrected chi connectivity index (χ4v) is 8.96. The Morgan fingerprint density at radius 2 is 1.86 bits per heavy atom. The van der Waals surface area contributed by atoms with Crippen molar-refractivity contribution in [3.8, 4) is 0 Å². The molecule has 10 unspecified atom stereocenters. The van der Waals surface area contributed by atoms with Crippen LogP contribution in [0.3, 0.4) is 0 Å². The van der Waals surface area contributed by atoms with Gasteiger partial charge in [0.1, 0.15) is 0 Å². The van der Waals surface area contributed by atoms with Crippen LogP contribution in [-0.2, 0) is 4.74 Å². The summed E-state index contributed by atoms with van der Waals surface area (Å²) in [6.45, 7) is 7.45. The molecule has 0 amide bonds. The molecule has 0 radical (unpaired) electrons. The lowest BCUT2D eigenvalue weighted by atomic mass is 9.67. The molecule has 0 spiro atoms. The van der Waals surface area contributed by atoms with Gasteiger partial charge in [-0.25, -0.2) is 0 Å². The van der Waals surface area contributed by atoms with Crippen molar-refractivity contribution in [1.29, 1.82) is 0 Å². The zero-order chi connectivity index (χ0) is 14.4. The summed E-state index contributed by atoms with van der Waals surface area (Å²) in [5, 5.41) is 0. The molecule has 5 aliphatic rings. The minimum Gasteiger partial charge on any atom is -0.370 e. The standard InChI is InChI=1S/C19H30OS/c1-10-7-14(18-11(2)20-18)17-12-8-13(16(10)17)15(9-12)19(3)5-4-6-21-19/h10-18H,4-9H2,1-3H3. The molecule has 0 N–H and O–H groups in total. The van der Waals surface area contributed by atoms with E-state index in [4.69, 9.17) is 4.74 Å². The number of rotatable bonds is 2. The quantitative estimate of drug-likeness (QED) is 0.691. The summed E-state index contributed by atoms with van der Waals surface area (Å²) in [7, 11) is 0. The van der Waals surface area contributed by atoms with Crippen LogP contribution in [0.4, 0.5) is 0 Å². The van der Waals surface area contributed by atoms with E-state index in [1.807, 2.05) is 0 Å². The Hall–Kier alpha value is 0.310. The van der Waals surface area contributed by atoms with E-state index in [0.29, 0.717) is 17.0 Å². The highest BCUT2D eigenvalue weighted by Crippen LogP contribution is 2.69. The van der Waals surface area contributed by atoms with Gasteiger partial charge in [-0.3, -0.25) is 0 Å². The highest BCUT2D eigenvalue weighted by Gasteiger charge is 2.65. The molecule has 0 aromatic carbocycles. The molecular formula is C19H30OS. The molecule has 10 atom stereocenters. The molecule has 2 aliphatic heterocycles. The van der Waals surface area contributed by atoms with Gasteiger partial charge < -0.3 is 4.74 Å². The van der Waals surface area contributed by atoms with Gasteiger partial charge in [-0.15, -0.1) is 0 Å². The summed E-state index contributed by atoms with van der Waals surface area (Å²) in [6.07, 6.45) is 8.75. The smallest absolute Gasteiger partial charge is 0.0870 e. The topological polar surface area (TPSA) is 12.5 Å². The van der Waals surface area contributed by atoms with Crippen LogP contribution in [0.15, 0.2) is 0 Å². The van der Waals surface area contributed by atoms with Gasteiger partial charge >= 0.3 is 0 Å². The minimum atomic E-state index is 0.568. The third kappa shape index (κ3) is 1.81. The summed E-state index contributed by atoms with van der Waals surface area (Å²) < 4.78 is 6.54. The van der Waals surface area contributed by atoms with E-state index in [9.17, 15) is 0 Å². The molecule has 5 rings (SSSR count). The molecule has 118 valence electrons. The van der Waals surface area contributed by atoms with Crippen molar-refractivity contribution in [2.24, 2.45) is 41.4 Å². The Labute approximate surface area is 134 Å². The zero-order valence-corrected chi connectivity index (χ0v) is 14.6. The first-order chi connectivity index (χ1) is 10.1. The molecule has 2 saturated heterocycles. The molecule has 0 aromatic heterocycles. The minimum absolute atomic E-state index is 0.568. The second-order valence-corrected chi connectivity index (χ2v) is 10.7. The molecule has 3 saturated carbocycles. The number of hydrogen-bond acceptors (Lipinski definition) is 2. The maximum Gasteiger partial charge on any atom is 0.0870 e. The fourth-order valence-electron chi connectivity index (χ4n) is 7.43. The molecule has 2 heteroatoms. The Morgan fingerprint density at radius 1 is 1.05 bits per heavy atom. The monoisotopic (exact) mass is 306 g/mol. The van der Waals surface area contributed by atoms with Crippen molar-refractivity contribution in [2.75, 3.05) is 5.75 Å².